The highest BCUT2D eigenvalue weighted by Crippen LogP contribution is 2.34. The molecule has 0 radical (unpaired) electrons. The lowest BCUT2D eigenvalue weighted by Gasteiger charge is -2.13. The van der Waals surface area contributed by atoms with Crippen molar-refractivity contribution in [3.63, 3.8) is 0 Å². The molecule has 0 unspecified atom stereocenters. The molecule has 1 fully saturated rings. The van der Waals surface area contributed by atoms with Crippen LogP contribution in [0, 0.1) is 11.7 Å². The average molecular weight is 498 g/mol. The fourth-order valence-corrected chi connectivity index (χ4v) is 4.18. The minimum absolute atomic E-state index is 0.164. The summed E-state index contributed by atoms with van der Waals surface area (Å²) in [6, 6.07) is 11.5. The number of primary amides is 1. The highest BCUT2D eigenvalue weighted by Gasteiger charge is 2.30. The maximum Gasteiger partial charge on any atom is 0.254 e. The number of amides is 2. The maximum absolute atomic E-state index is 14.6. The zero-order valence-electron chi connectivity index (χ0n) is 18.9. The monoisotopic (exact) mass is 497 g/mol. The number of nitrogens with zero attached hydrogens (tertiary/aromatic N) is 1. The number of nitrogens with two attached hydrogens (primary N) is 1. The highest BCUT2D eigenvalue weighted by atomic mass is 32.1. The number of halogens is 1. The van der Waals surface area contributed by atoms with E-state index in [2.05, 4.69) is 9.69 Å². The van der Waals surface area contributed by atoms with Gasteiger partial charge in [-0.1, -0.05) is 6.07 Å². The van der Waals surface area contributed by atoms with Gasteiger partial charge in [0, 0.05) is 17.0 Å². The van der Waals surface area contributed by atoms with Crippen molar-refractivity contribution in [2.24, 2.45) is 11.7 Å². The van der Waals surface area contributed by atoms with Gasteiger partial charge in [-0.3, -0.25) is 14.4 Å². The SMILES string of the molecule is C[C@H](Oc1ccc(C(=O)C2CC2)cc1)c1cc(-c2ccc(C(=O)N[C@@H](CO)C(N)=O)c(F)c2)ns1. The lowest BCUT2D eigenvalue weighted by Crippen LogP contribution is -2.47. The molecular weight excluding hydrogens is 473 g/mol. The molecule has 0 spiro atoms. The first kappa shape index (κ1) is 24.5. The topological polar surface area (TPSA) is 132 Å². The predicted octanol–water partition coefficient (Wildman–Crippen LogP) is 3.26. The van der Waals surface area contributed by atoms with Crippen LogP contribution in [0.1, 0.15) is 51.5 Å². The first-order valence-corrected chi connectivity index (χ1v) is 11.8. The third kappa shape index (κ3) is 5.72. The Kier molecular flexibility index (Phi) is 7.23. The molecule has 35 heavy (non-hydrogen) atoms. The van der Waals surface area contributed by atoms with Crippen LogP contribution in [0.4, 0.5) is 4.39 Å². The number of ketones is 1. The maximum atomic E-state index is 14.6. The first-order chi connectivity index (χ1) is 16.8. The van der Waals surface area contributed by atoms with Crippen LogP contribution >= 0.6 is 11.5 Å². The Bertz CT molecular complexity index is 1260. The number of carbonyl (C=O) groups excluding carboxylic acids is 3. The van der Waals surface area contributed by atoms with Crippen LogP contribution in [-0.4, -0.2) is 39.7 Å². The van der Waals surface area contributed by atoms with Crippen LogP contribution in [0.3, 0.4) is 0 Å². The van der Waals surface area contributed by atoms with Crippen LogP contribution in [0.5, 0.6) is 5.75 Å². The van der Waals surface area contributed by atoms with E-state index in [0.717, 1.165) is 17.7 Å². The Hall–Kier alpha value is -3.63. The molecule has 8 nitrogen and oxygen atoms in total. The normalized spacial score (nSPS) is 14.7. The second kappa shape index (κ2) is 10.3. The lowest BCUT2D eigenvalue weighted by atomic mass is 10.1. The van der Waals surface area contributed by atoms with E-state index in [9.17, 15) is 18.8 Å². The van der Waals surface area contributed by atoms with Crippen molar-refractivity contribution >= 4 is 29.1 Å². The second-order valence-electron chi connectivity index (χ2n) is 8.34. The Morgan fingerprint density at radius 1 is 1.20 bits per heavy atom. The summed E-state index contributed by atoms with van der Waals surface area (Å²) < 4.78 is 25.0. The summed E-state index contributed by atoms with van der Waals surface area (Å²) in [5.74, 6) is -1.63. The van der Waals surface area contributed by atoms with Crippen molar-refractivity contribution in [2.45, 2.75) is 31.9 Å². The third-order valence-electron chi connectivity index (χ3n) is 5.67. The van der Waals surface area contributed by atoms with Gasteiger partial charge in [-0.15, -0.1) is 0 Å². The molecule has 10 heteroatoms. The fourth-order valence-electron chi connectivity index (χ4n) is 3.46. The smallest absolute Gasteiger partial charge is 0.254 e. The predicted molar refractivity (Wildman–Crippen MR) is 128 cm³/mol. The number of aromatic nitrogens is 1. The summed E-state index contributed by atoms with van der Waals surface area (Å²) in [7, 11) is 0. The number of aliphatic hydroxyl groups excluding tert-OH is 1. The molecule has 2 atom stereocenters. The van der Waals surface area contributed by atoms with Gasteiger partial charge in [-0.25, -0.2) is 4.39 Å². The summed E-state index contributed by atoms with van der Waals surface area (Å²) in [5, 5.41) is 11.3. The Morgan fingerprint density at radius 3 is 2.51 bits per heavy atom. The number of ether oxygens (including phenoxy) is 1. The van der Waals surface area contributed by atoms with Gasteiger partial charge in [-0.2, -0.15) is 4.37 Å². The van der Waals surface area contributed by atoms with Crippen molar-refractivity contribution in [3.05, 3.63) is 70.4 Å². The molecule has 1 aliphatic rings. The number of aliphatic hydroxyl groups is 1. The van der Waals surface area contributed by atoms with Crippen LogP contribution in [0.25, 0.3) is 11.3 Å². The van der Waals surface area contributed by atoms with E-state index in [4.69, 9.17) is 15.6 Å². The van der Waals surface area contributed by atoms with Crippen LogP contribution in [-0.2, 0) is 4.79 Å². The van der Waals surface area contributed by atoms with Gasteiger partial charge in [0.1, 0.15) is 23.7 Å². The molecule has 1 aromatic heterocycles. The van der Waals surface area contributed by atoms with Crippen LogP contribution in [0.2, 0.25) is 0 Å². The van der Waals surface area contributed by atoms with Crippen molar-refractivity contribution in [2.75, 3.05) is 6.61 Å². The van der Waals surface area contributed by atoms with Crippen molar-refractivity contribution in [1.82, 2.24) is 9.69 Å². The van der Waals surface area contributed by atoms with Gasteiger partial charge >= 0.3 is 0 Å². The molecule has 0 bridgehead atoms. The molecule has 4 N–H and O–H groups in total. The van der Waals surface area contributed by atoms with Gasteiger partial charge in [-0.05, 0) is 73.8 Å². The van der Waals surface area contributed by atoms with E-state index in [0.29, 0.717) is 22.6 Å². The molecule has 0 aliphatic heterocycles. The summed E-state index contributed by atoms with van der Waals surface area (Å²) in [4.78, 5) is 36.4. The quantitative estimate of drug-likeness (QED) is 0.369. The number of rotatable bonds is 10. The summed E-state index contributed by atoms with van der Waals surface area (Å²) in [6.45, 7) is 1.18. The number of benzene rings is 2. The van der Waals surface area contributed by atoms with Gasteiger partial charge in [0.05, 0.1) is 22.7 Å². The van der Waals surface area contributed by atoms with Crippen molar-refractivity contribution in [1.29, 1.82) is 0 Å². The van der Waals surface area contributed by atoms with Gasteiger partial charge in [0.25, 0.3) is 5.91 Å². The molecule has 1 saturated carbocycles. The van der Waals surface area contributed by atoms with E-state index in [1.165, 1.54) is 29.7 Å². The minimum Gasteiger partial charge on any atom is -0.485 e. The third-order valence-corrected chi connectivity index (χ3v) is 6.62. The minimum atomic E-state index is -1.31. The number of nitrogens with one attached hydrogen (secondary N) is 1. The van der Waals surface area contributed by atoms with Crippen molar-refractivity contribution < 1.29 is 28.6 Å². The first-order valence-electron chi connectivity index (χ1n) is 11.0. The fraction of sp³-hybridized carbons (Fsp3) is 0.280. The molecule has 2 aromatic carbocycles. The average Bonchev–Trinajstić information content (AvgIpc) is 3.57. The highest BCUT2D eigenvalue weighted by molar-refractivity contribution is 7.06. The van der Waals surface area contributed by atoms with E-state index in [1.807, 2.05) is 6.92 Å². The largest absolute Gasteiger partial charge is 0.485 e. The molecular formula is C25H24FN3O5S. The zero-order chi connectivity index (χ0) is 25.1. The molecule has 0 saturated heterocycles. The molecule has 182 valence electrons. The summed E-state index contributed by atoms with van der Waals surface area (Å²) in [6.07, 6.45) is 1.59. The molecule has 4 rings (SSSR count). The summed E-state index contributed by atoms with van der Waals surface area (Å²) >= 11 is 1.21. The van der Waals surface area contributed by atoms with Gasteiger partial charge < -0.3 is 20.9 Å². The number of hydrogen-bond donors (Lipinski definition) is 3. The molecule has 1 heterocycles. The zero-order valence-corrected chi connectivity index (χ0v) is 19.7. The van der Waals surface area contributed by atoms with Gasteiger partial charge in [0.15, 0.2) is 5.78 Å². The van der Waals surface area contributed by atoms with E-state index in [-0.39, 0.29) is 23.4 Å². The van der Waals surface area contributed by atoms with Crippen LogP contribution in [0.15, 0.2) is 48.5 Å². The van der Waals surface area contributed by atoms with E-state index < -0.39 is 30.3 Å². The number of carbonyl (C=O) groups is 3. The number of hydrogen-bond acceptors (Lipinski definition) is 7. The second-order valence-corrected chi connectivity index (χ2v) is 9.18. The lowest BCUT2D eigenvalue weighted by molar-refractivity contribution is -0.120. The Balaban J connectivity index is 1.42. The number of Topliss-reactive ketones (excluding diaryl/α,β-unsaturated/α-hetero) is 1. The Morgan fingerprint density at radius 2 is 1.91 bits per heavy atom. The molecule has 1 aliphatic carbocycles. The Labute approximate surface area is 205 Å². The summed E-state index contributed by atoms with van der Waals surface area (Å²) in [5.41, 5.74) is 6.46. The molecule has 2 amide bonds. The van der Waals surface area contributed by atoms with E-state index >= 15 is 0 Å². The molecule has 3 aromatic rings. The standard InChI is InChI=1S/C25H24FN3O5S/c1-13(34-17-7-4-15(5-8-17)23(31)14-2-3-14)22-11-20(29-35-22)16-6-9-18(19(26)10-16)25(33)28-21(12-30)24(27)32/h4-11,13-14,21,30H,2-3,12H2,1H3,(H2,27,32)(H,28,33)/t13-,21-/m0/s1. The van der Waals surface area contributed by atoms with E-state index in [1.54, 1.807) is 30.3 Å². The van der Waals surface area contributed by atoms with Crippen LogP contribution < -0.4 is 15.8 Å². The van der Waals surface area contributed by atoms with Gasteiger partial charge in [0.2, 0.25) is 5.91 Å². The van der Waals surface area contributed by atoms with Crippen molar-refractivity contribution in [3.8, 4) is 17.0 Å².